The van der Waals surface area contributed by atoms with E-state index < -0.39 is 0 Å². The van der Waals surface area contributed by atoms with Gasteiger partial charge in [0, 0.05) is 42.8 Å². The average Bonchev–Trinajstić information content (AvgIpc) is 3.44. The number of thiazole rings is 1. The normalized spacial score (nSPS) is 15.1. The lowest BCUT2D eigenvalue weighted by Crippen LogP contribution is -2.44. The molecule has 1 fully saturated rings. The Morgan fingerprint density at radius 3 is 2.73 bits per heavy atom. The smallest absolute Gasteiger partial charge is 0.270 e. The minimum atomic E-state index is -0.0873. The van der Waals surface area contributed by atoms with Crippen LogP contribution in [-0.2, 0) is 0 Å². The van der Waals surface area contributed by atoms with Gasteiger partial charge in [0.05, 0.1) is 11.9 Å². The van der Waals surface area contributed by atoms with Crippen molar-refractivity contribution in [2.24, 2.45) is 0 Å². The highest BCUT2D eigenvalue weighted by Gasteiger charge is 2.22. The maximum atomic E-state index is 12.7. The highest BCUT2D eigenvalue weighted by atomic mass is 32.1. The van der Waals surface area contributed by atoms with E-state index in [1.54, 1.807) is 6.20 Å². The predicted molar refractivity (Wildman–Crippen MR) is 121 cm³/mol. The first kappa shape index (κ1) is 20.5. The van der Waals surface area contributed by atoms with E-state index in [0.29, 0.717) is 5.69 Å². The summed E-state index contributed by atoms with van der Waals surface area (Å²) in [5, 5.41) is 10.2. The first-order chi connectivity index (χ1) is 14.6. The van der Waals surface area contributed by atoms with Gasteiger partial charge in [0.1, 0.15) is 10.7 Å². The van der Waals surface area contributed by atoms with Crippen LogP contribution in [-0.4, -0.2) is 51.2 Å². The number of nitrogens with one attached hydrogen (secondary N) is 1. The fourth-order valence-electron chi connectivity index (χ4n) is 3.50. The summed E-state index contributed by atoms with van der Waals surface area (Å²) in [5.41, 5.74) is 3.73. The zero-order valence-corrected chi connectivity index (χ0v) is 18.2. The van der Waals surface area contributed by atoms with Crippen molar-refractivity contribution in [3.05, 3.63) is 65.4 Å². The lowest BCUT2D eigenvalue weighted by atomic mass is 10.0. The molecular weight excluding hydrogens is 394 g/mol. The third-order valence-electron chi connectivity index (χ3n) is 5.27. The van der Waals surface area contributed by atoms with Crippen molar-refractivity contribution in [2.45, 2.75) is 32.7 Å². The molecule has 1 aliphatic heterocycles. The Hall–Kier alpha value is -2.77. The number of hydrogen-bond donors (Lipinski definition) is 1. The second kappa shape index (κ2) is 9.36. The number of allylic oxidation sites excluding steroid dienone is 1. The van der Waals surface area contributed by atoms with E-state index in [4.69, 9.17) is 0 Å². The van der Waals surface area contributed by atoms with Gasteiger partial charge >= 0.3 is 0 Å². The molecule has 0 spiro atoms. The van der Waals surface area contributed by atoms with Crippen LogP contribution in [0.2, 0.25) is 0 Å². The predicted octanol–water partition coefficient (Wildman–Crippen LogP) is 4.16. The molecule has 0 atom stereocenters. The number of nitrogens with zero attached hydrogens (tertiary/aromatic N) is 4. The van der Waals surface area contributed by atoms with Gasteiger partial charge in [0.2, 0.25) is 0 Å². The molecule has 0 radical (unpaired) electrons. The van der Waals surface area contributed by atoms with Gasteiger partial charge in [0.15, 0.2) is 0 Å². The standard InChI is InChI=1S/C23H27N5OS/c1-17(2)8-11-27-12-9-19(10-13-27)25-22(29)21-16-30-23(26-21)18-14-24-28(15-18)20-6-4-3-5-7-20/h3-8,14-16,19H,9-13H2,1-2H3,(H,25,29). The quantitative estimate of drug-likeness (QED) is 0.607. The van der Waals surface area contributed by atoms with E-state index in [0.717, 1.165) is 48.7 Å². The van der Waals surface area contributed by atoms with Gasteiger partial charge in [-0.2, -0.15) is 5.10 Å². The number of para-hydroxylation sites is 1. The van der Waals surface area contributed by atoms with Crippen molar-refractivity contribution in [2.75, 3.05) is 19.6 Å². The van der Waals surface area contributed by atoms with Crippen LogP contribution in [0.1, 0.15) is 37.2 Å². The summed E-state index contributed by atoms with van der Waals surface area (Å²) < 4.78 is 1.82. The van der Waals surface area contributed by atoms with Gasteiger partial charge in [-0.05, 0) is 38.8 Å². The van der Waals surface area contributed by atoms with Crippen molar-refractivity contribution >= 4 is 17.2 Å². The van der Waals surface area contributed by atoms with Crippen molar-refractivity contribution in [3.63, 3.8) is 0 Å². The molecule has 0 bridgehead atoms. The van der Waals surface area contributed by atoms with Gasteiger partial charge < -0.3 is 5.32 Å². The summed E-state index contributed by atoms with van der Waals surface area (Å²) in [7, 11) is 0. The monoisotopic (exact) mass is 421 g/mol. The molecular formula is C23H27N5OS. The Bertz CT molecular complexity index is 1010. The number of carbonyl (C=O) groups is 1. The molecule has 3 heterocycles. The molecule has 1 aromatic carbocycles. The number of aromatic nitrogens is 3. The van der Waals surface area contributed by atoms with Crippen LogP contribution in [0.25, 0.3) is 16.3 Å². The Morgan fingerprint density at radius 1 is 1.23 bits per heavy atom. The second-order valence-corrected chi connectivity index (χ2v) is 8.73. The lowest BCUT2D eigenvalue weighted by molar-refractivity contribution is 0.0910. The molecule has 30 heavy (non-hydrogen) atoms. The topological polar surface area (TPSA) is 63.1 Å². The zero-order chi connectivity index (χ0) is 20.9. The Morgan fingerprint density at radius 2 is 2.00 bits per heavy atom. The molecule has 0 unspecified atom stereocenters. The number of amides is 1. The molecule has 1 saturated heterocycles. The minimum absolute atomic E-state index is 0.0873. The summed E-state index contributed by atoms with van der Waals surface area (Å²) in [4.78, 5) is 19.7. The molecule has 1 N–H and O–H groups in total. The van der Waals surface area contributed by atoms with Gasteiger partial charge in [-0.15, -0.1) is 11.3 Å². The van der Waals surface area contributed by atoms with E-state index >= 15 is 0 Å². The van der Waals surface area contributed by atoms with E-state index in [1.165, 1.54) is 16.9 Å². The van der Waals surface area contributed by atoms with E-state index in [9.17, 15) is 4.79 Å². The van der Waals surface area contributed by atoms with Crippen molar-refractivity contribution in [3.8, 4) is 16.3 Å². The van der Waals surface area contributed by atoms with E-state index in [1.807, 2.05) is 46.6 Å². The largest absolute Gasteiger partial charge is 0.348 e. The molecule has 156 valence electrons. The zero-order valence-electron chi connectivity index (χ0n) is 17.4. The van der Waals surface area contributed by atoms with Gasteiger partial charge in [-0.1, -0.05) is 29.8 Å². The summed E-state index contributed by atoms with van der Waals surface area (Å²) in [6.07, 6.45) is 7.94. The SMILES string of the molecule is CC(C)=CCN1CCC(NC(=O)c2csc(-c3cnn(-c4ccccc4)c3)n2)CC1. The molecule has 0 aliphatic carbocycles. The van der Waals surface area contributed by atoms with Crippen LogP contribution >= 0.6 is 11.3 Å². The summed E-state index contributed by atoms with van der Waals surface area (Å²) in [6, 6.07) is 10.2. The third-order valence-corrected chi connectivity index (χ3v) is 6.16. The van der Waals surface area contributed by atoms with Crippen LogP contribution < -0.4 is 5.32 Å². The third kappa shape index (κ3) is 5.04. The molecule has 2 aromatic heterocycles. The number of carbonyl (C=O) groups excluding carboxylic acids is 1. The first-order valence-corrected chi connectivity index (χ1v) is 11.2. The van der Waals surface area contributed by atoms with Gasteiger partial charge in [-0.25, -0.2) is 9.67 Å². The van der Waals surface area contributed by atoms with Crippen LogP contribution in [0.4, 0.5) is 0 Å². The first-order valence-electron chi connectivity index (χ1n) is 10.3. The van der Waals surface area contributed by atoms with Crippen molar-refractivity contribution in [1.82, 2.24) is 25.0 Å². The van der Waals surface area contributed by atoms with Crippen molar-refractivity contribution < 1.29 is 4.79 Å². The Labute approximate surface area is 181 Å². The van der Waals surface area contributed by atoms with Crippen LogP contribution in [0.15, 0.2) is 59.8 Å². The van der Waals surface area contributed by atoms with Crippen LogP contribution in [0.3, 0.4) is 0 Å². The molecule has 3 aromatic rings. The van der Waals surface area contributed by atoms with Gasteiger partial charge in [0.25, 0.3) is 5.91 Å². The average molecular weight is 422 g/mol. The maximum absolute atomic E-state index is 12.7. The highest BCUT2D eigenvalue weighted by Crippen LogP contribution is 2.24. The molecule has 1 aliphatic rings. The highest BCUT2D eigenvalue weighted by molar-refractivity contribution is 7.13. The number of benzene rings is 1. The Kier molecular flexibility index (Phi) is 6.40. The number of piperidine rings is 1. The fraction of sp³-hybridized carbons (Fsp3) is 0.348. The number of hydrogen-bond acceptors (Lipinski definition) is 5. The minimum Gasteiger partial charge on any atom is -0.348 e. The van der Waals surface area contributed by atoms with E-state index in [-0.39, 0.29) is 11.9 Å². The number of rotatable bonds is 6. The van der Waals surface area contributed by atoms with Crippen LogP contribution in [0.5, 0.6) is 0 Å². The van der Waals surface area contributed by atoms with Gasteiger partial charge in [-0.3, -0.25) is 9.69 Å². The Balaban J connectivity index is 1.34. The molecule has 6 nitrogen and oxygen atoms in total. The summed E-state index contributed by atoms with van der Waals surface area (Å²) in [6.45, 7) is 7.27. The summed E-state index contributed by atoms with van der Waals surface area (Å²) in [5.74, 6) is -0.0873. The lowest BCUT2D eigenvalue weighted by Gasteiger charge is -2.31. The van der Waals surface area contributed by atoms with E-state index in [2.05, 4.69) is 40.2 Å². The molecule has 1 amide bonds. The maximum Gasteiger partial charge on any atom is 0.270 e. The molecule has 7 heteroatoms. The number of likely N-dealkylation sites (tertiary alicyclic amines) is 1. The molecule has 4 rings (SSSR count). The summed E-state index contributed by atoms with van der Waals surface area (Å²) >= 11 is 1.47. The second-order valence-electron chi connectivity index (χ2n) is 7.88. The fourth-order valence-corrected chi connectivity index (χ4v) is 4.27. The molecule has 0 saturated carbocycles. The van der Waals surface area contributed by atoms with Crippen LogP contribution in [0, 0.1) is 0 Å². The van der Waals surface area contributed by atoms with Crippen molar-refractivity contribution in [1.29, 1.82) is 0 Å².